The van der Waals surface area contributed by atoms with Gasteiger partial charge in [-0.15, -0.1) is 0 Å². The number of amides is 1. The lowest BCUT2D eigenvalue weighted by Gasteiger charge is -2.08. The van der Waals surface area contributed by atoms with Crippen molar-refractivity contribution < 1.29 is 22.8 Å². The van der Waals surface area contributed by atoms with E-state index >= 15 is 0 Å². The third kappa shape index (κ3) is 4.07. The molecule has 1 amide bonds. The van der Waals surface area contributed by atoms with E-state index in [0.717, 1.165) is 23.6 Å². The summed E-state index contributed by atoms with van der Waals surface area (Å²) in [5.41, 5.74) is 0.435. The second-order valence-corrected chi connectivity index (χ2v) is 6.07. The number of anilines is 1. The van der Waals surface area contributed by atoms with Crippen LogP contribution in [0, 0.1) is 0 Å². The van der Waals surface area contributed by atoms with Gasteiger partial charge in [0.25, 0.3) is 0 Å². The lowest BCUT2D eigenvalue weighted by molar-refractivity contribution is -0.141. The van der Waals surface area contributed by atoms with Crippen molar-refractivity contribution in [1.82, 2.24) is 9.78 Å². The molecule has 1 fully saturated rings. The van der Waals surface area contributed by atoms with Gasteiger partial charge in [-0.2, -0.15) is 18.3 Å². The van der Waals surface area contributed by atoms with Crippen molar-refractivity contribution in [2.24, 2.45) is 0 Å². The fourth-order valence-corrected chi connectivity index (χ4v) is 2.53. The number of carbonyl (C=O) groups is 2. The average molecular weight is 351 g/mol. The van der Waals surface area contributed by atoms with Crippen molar-refractivity contribution in [1.29, 1.82) is 0 Å². The molecule has 8 heteroatoms. The van der Waals surface area contributed by atoms with Crippen LogP contribution in [0.2, 0.25) is 0 Å². The van der Waals surface area contributed by atoms with E-state index in [9.17, 15) is 22.8 Å². The molecule has 132 valence electrons. The molecule has 0 saturated heterocycles. The first-order valence-electron chi connectivity index (χ1n) is 7.80. The minimum Gasteiger partial charge on any atom is -0.324 e. The maximum Gasteiger partial charge on any atom is 0.435 e. The molecule has 0 bridgehead atoms. The van der Waals surface area contributed by atoms with Crippen LogP contribution < -0.4 is 5.32 Å². The Morgan fingerprint density at radius 3 is 2.40 bits per heavy atom. The molecule has 1 saturated carbocycles. The minimum atomic E-state index is -4.53. The van der Waals surface area contributed by atoms with Crippen molar-refractivity contribution in [2.45, 2.75) is 38.4 Å². The van der Waals surface area contributed by atoms with Crippen LogP contribution in [0.15, 0.2) is 30.3 Å². The Morgan fingerprint density at radius 1 is 1.24 bits per heavy atom. The van der Waals surface area contributed by atoms with Gasteiger partial charge in [-0.05, 0) is 50.1 Å². The number of hydrogen-bond acceptors (Lipinski definition) is 3. The molecule has 0 aliphatic heterocycles. The number of benzene rings is 1. The largest absolute Gasteiger partial charge is 0.435 e. The molecule has 1 N–H and O–H groups in total. The summed E-state index contributed by atoms with van der Waals surface area (Å²) in [6, 6.07) is 7.31. The van der Waals surface area contributed by atoms with E-state index in [1.54, 1.807) is 24.3 Å². The number of nitrogens with one attached hydrogen (secondary N) is 1. The molecule has 1 aliphatic rings. The summed E-state index contributed by atoms with van der Waals surface area (Å²) in [5.74, 6) is -0.538. The highest BCUT2D eigenvalue weighted by Gasteiger charge is 2.38. The molecule has 1 aromatic carbocycles. The van der Waals surface area contributed by atoms with E-state index in [-0.39, 0.29) is 18.2 Å². The van der Waals surface area contributed by atoms with Crippen molar-refractivity contribution in [3.05, 3.63) is 47.3 Å². The second kappa shape index (κ2) is 6.34. The molecule has 3 rings (SSSR count). The van der Waals surface area contributed by atoms with Crippen LogP contribution in [0.1, 0.15) is 47.4 Å². The molecule has 0 unspecified atom stereocenters. The van der Waals surface area contributed by atoms with Gasteiger partial charge in [0.15, 0.2) is 11.5 Å². The maximum atomic E-state index is 12.8. The molecular weight excluding hydrogens is 335 g/mol. The van der Waals surface area contributed by atoms with Gasteiger partial charge in [-0.25, -0.2) is 0 Å². The van der Waals surface area contributed by atoms with Crippen LogP contribution >= 0.6 is 0 Å². The summed E-state index contributed by atoms with van der Waals surface area (Å²) in [7, 11) is 0. The Morgan fingerprint density at radius 2 is 1.88 bits per heavy atom. The molecule has 1 aromatic heterocycles. The van der Waals surface area contributed by atoms with Crippen molar-refractivity contribution >= 4 is 17.4 Å². The van der Waals surface area contributed by atoms with Gasteiger partial charge in [-0.1, -0.05) is 0 Å². The number of rotatable bonds is 5. The van der Waals surface area contributed by atoms with Crippen molar-refractivity contribution in [3.63, 3.8) is 0 Å². The fourth-order valence-electron chi connectivity index (χ4n) is 2.53. The molecule has 1 aliphatic carbocycles. The second-order valence-electron chi connectivity index (χ2n) is 6.07. The number of halogens is 3. The first-order valence-corrected chi connectivity index (χ1v) is 7.80. The number of carbonyl (C=O) groups excluding carboxylic acids is 2. The smallest absolute Gasteiger partial charge is 0.324 e. The predicted molar refractivity (Wildman–Crippen MR) is 84.3 cm³/mol. The van der Waals surface area contributed by atoms with Gasteiger partial charge in [0.2, 0.25) is 5.91 Å². The highest BCUT2D eigenvalue weighted by molar-refractivity contribution is 5.95. The van der Waals surface area contributed by atoms with E-state index in [0.29, 0.717) is 16.9 Å². The van der Waals surface area contributed by atoms with Gasteiger partial charge >= 0.3 is 6.18 Å². The van der Waals surface area contributed by atoms with E-state index < -0.39 is 17.8 Å². The molecular formula is C17H16F3N3O2. The SMILES string of the molecule is CC(=O)c1ccc(NC(=O)Cn2nc(C(F)(F)F)cc2C2CC2)cc1. The van der Waals surface area contributed by atoms with Gasteiger partial charge in [0.05, 0.1) is 0 Å². The normalized spacial score (nSPS) is 14.4. The van der Waals surface area contributed by atoms with Crippen LogP contribution in [0.25, 0.3) is 0 Å². The third-order valence-electron chi connectivity index (χ3n) is 3.97. The molecule has 25 heavy (non-hydrogen) atoms. The quantitative estimate of drug-likeness (QED) is 0.837. The summed E-state index contributed by atoms with van der Waals surface area (Å²) in [5, 5.41) is 6.15. The zero-order valence-electron chi connectivity index (χ0n) is 13.4. The van der Waals surface area contributed by atoms with Crippen molar-refractivity contribution in [3.8, 4) is 0 Å². The minimum absolute atomic E-state index is 0.0336. The van der Waals surface area contributed by atoms with E-state index in [2.05, 4.69) is 10.4 Å². The number of Topliss-reactive ketones (excluding diaryl/α,β-unsaturated/α-hetero) is 1. The highest BCUT2D eigenvalue weighted by Crippen LogP contribution is 2.42. The number of ketones is 1. The van der Waals surface area contributed by atoms with Crippen LogP contribution in [-0.2, 0) is 17.5 Å². The Hall–Kier alpha value is -2.64. The number of alkyl halides is 3. The Bertz CT molecular complexity index is 806. The molecule has 5 nitrogen and oxygen atoms in total. The lowest BCUT2D eigenvalue weighted by atomic mass is 10.1. The first-order chi connectivity index (χ1) is 11.7. The molecule has 0 radical (unpaired) electrons. The van der Waals surface area contributed by atoms with E-state index in [1.807, 2.05) is 0 Å². The van der Waals surface area contributed by atoms with E-state index in [1.165, 1.54) is 6.92 Å². The average Bonchev–Trinajstić information content (AvgIpc) is 3.27. The zero-order chi connectivity index (χ0) is 18.2. The van der Waals surface area contributed by atoms with Crippen molar-refractivity contribution in [2.75, 3.05) is 5.32 Å². The fraction of sp³-hybridized carbons (Fsp3) is 0.353. The van der Waals surface area contributed by atoms with Crippen LogP contribution in [0.4, 0.5) is 18.9 Å². The molecule has 1 heterocycles. The molecule has 0 atom stereocenters. The Labute approximate surface area is 141 Å². The number of nitrogens with zero attached hydrogens (tertiary/aromatic N) is 2. The van der Waals surface area contributed by atoms with Gasteiger partial charge in [-0.3, -0.25) is 14.3 Å². The summed E-state index contributed by atoms with van der Waals surface area (Å²) in [6.45, 7) is 1.14. The van der Waals surface area contributed by atoms with Gasteiger partial charge < -0.3 is 5.32 Å². The standard InChI is InChI=1S/C17H16F3N3O2/c1-10(24)11-4-6-13(7-5-11)21-16(25)9-23-14(12-2-3-12)8-15(22-23)17(18,19)20/h4-8,12H,2-3,9H2,1H3,(H,21,25). The topological polar surface area (TPSA) is 64.0 Å². The summed E-state index contributed by atoms with van der Waals surface area (Å²) in [4.78, 5) is 23.4. The number of aromatic nitrogens is 2. The maximum absolute atomic E-state index is 12.8. The van der Waals surface area contributed by atoms with Crippen LogP contribution in [0.5, 0.6) is 0 Å². The third-order valence-corrected chi connectivity index (χ3v) is 3.97. The van der Waals surface area contributed by atoms with Crippen LogP contribution in [0.3, 0.4) is 0 Å². The van der Waals surface area contributed by atoms with E-state index in [4.69, 9.17) is 0 Å². The van der Waals surface area contributed by atoms with Gasteiger partial charge in [0.1, 0.15) is 6.54 Å². The van der Waals surface area contributed by atoms with Gasteiger partial charge in [0, 0.05) is 22.9 Å². The number of hydrogen-bond donors (Lipinski definition) is 1. The monoisotopic (exact) mass is 351 g/mol. The van der Waals surface area contributed by atoms with Crippen LogP contribution in [-0.4, -0.2) is 21.5 Å². The molecule has 2 aromatic rings. The zero-order valence-corrected chi connectivity index (χ0v) is 13.4. The predicted octanol–water partition coefficient (Wildman–Crippen LogP) is 3.62. The summed E-state index contributed by atoms with van der Waals surface area (Å²) < 4.78 is 39.7. The summed E-state index contributed by atoms with van der Waals surface area (Å²) in [6.07, 6.45) is -2.93. The highest BCUT2D eigenvalue weighted by atomic mass is 19.4. The molecule has 0 spiro atoms. The Balaban J connectivity index is 1.72. The lowest BCUT2D eigenvalue weighted by Crippen LogP contribution is -2.21. The Kier molecular flexibility index (Phi) is 4.36. The first kappa shape index (κ1) is 17.2. The summed E-state index contributed by atoms with van der Waals surface area (Å²) >= 11 is 0.